The maximum atomic E-state index is 11.3. The topological polar surface area (TPSA) is 54.0 Å². The highest BCUT2D eigenvalue weighted by molar-refractivity contribution is 5.60. The van der Waals surface area contributed by atoms with Gasteiger partial charge < -0.3 is 18.9 Å². The number of carbonyl (C=O) groups is 1. The van der Waals surface area contributed by atoms with Crippen molar-refractivity contribution in [2.75, 3.05) is 19.8 Å². The summed E-state index contributed by atoms with van der Waals surface area (Å²) >= 11 is 0. The molecular weight excluding hydrogens is 236 g/mol. The molecule has 0 aromatic rings. The molecule has 0 N–H and O–H groups in total. The molecule has 0 aliphatic carbocycles. The van der Waals surface area contributed by atoms with Crippen molar-refractivity contribution in [3.63, 3.8) is 0 Å². The molecule has 0 saturated carbocycles. The first-order valence-corrected chi connectivity index (χ1v) is 6.52. The number of hydrogen-bond acceptors (Lipinski definition) is 5. The first-order valence-electron chi connectivity index (χ1n) is 6.52. The lowest BCUT2D eigenvalue weighted by Crippen LogP contribution is -2.25. The molecule has 108 valence electrons. The van der Waals surface area contributed by atoms with Crippen LogP contribution in [0.15, 0.2) is 0 Å². The lowest BCUT2D eigenvalue weighted by Gasteiger charge is -2.17. The second kappa shape index (κ2) is 10.1. The van der Waals surface area contributed by atoms with Crippen molar-refractivity contribution < 1.29 is 23.7 Å². The van der Waals surface area contributed by atoms with Crippen LogP contribution in [0.2, 0.25) is 0 Å². The molecule has 0 aromatic heterocycles. The van der Waals surface area contributed by atoms with Crippen LogP contribution in [-0.2, 0) is 18.9 Å². The normalized spacial score (nSPS) is 14.3. The van der Waals surface area contributed by atoms with Gasteiger partial charge in [-0.05, 0) is 34.1 Å². The molecule has 0 radical (unpaired) electrons. The minimum Gasteiger partial charge on any atom is -0.432 e. The van der Waals surface area contributed by atoms with Gasteiger partial charge in [0.05, 0.1) is 18.8 Å². The fourth-order valence-corrected chi connectivity index (χ4v) is 1.32. The standard InChI is InChI=1S/C13H26O5/c1-6-7-15-8-11(4)18-13(14)16-9-12(5)17-10(2)3/h10-12H,6-9H2,1-5H3. The summed E-state index contributed by atoms with van der Waals surface area (Å²) in [4.78, 5) is 11.3. The fraction of sp³-hybridized carbons (Fsp3) is 0.923. The predicted octanol–water partition coefficient (Wildman–Crippen LogP) is 2.77. The zero-order valence-electron chi connectivity index (χ0n) is 12.1. The molecule has 0 bridgehead atoms. The van der Waals surface area contributed by atoms with Gasteiger partial charge in [0.25, 0.3) is 0 Å². The van der Waals surface area contributed by atoms with E-state index in [2.05, 4.69) is 0 Å². The van der Waals surface area contributed by atoms with Gasteiger partial charge in [-0.25, -0.2) is 4.79 Å². The van der Waals surface area contributed by atoms with Gasteiger partial charge in [-0.15, -0.1) is 0 Å². The predicted molar refractivity (Wildman–Crippen MR) is 68.7 cm³/mol. The third kappa shape index (κ3) is 10.4. The SMILES string of the molecule is CCCOCC(C)OC(=O)OCC(C)OC(C)C. The van der Waals surface area contributed by atoms with Crippen LogP contribution in [0.1, 0.15) is 41.0 Å². The van der Waals surface area contributed by atoms with Gasteiger partial charge in [0.2, 0.25) is 0 Å². The van der Waals surface area contributed by atoms with Crippen LogP contribution in [0.25, 0.3) is 0 Å². The lowest BCUT2D eigenvalue weighted by atomic mass is 10.4. The van der Waals surface area contributed by atoms with Crippen molar-refractivity contribution in [1.82, 2.24) is 0 Å². The second-order valence-corrected chi connectivity index (χ2v) is 4.56. The Balaban J connectivity index is 3.63. The molecule has 0 amide bonds. The van der Waals surface area contributed by atoms with Crippen LogP contribution in [0.4, 0.5) is 4.79 Å². The number of carbonyl (C=O) groups excluding carboxylic acids is 1. The van der Waals surface area contributed by atoms with Gasteiger partial charge in [0.1, 0.15) is 12.7 Å². The summed E-state index contributed by atoms with van der Waals surface area (Å²) in [5.41, 5.74) is 0. The number of ether oxygens (including phenoxy) is 4. The Morgan fingerprint density at radius 3 is 2.28 bits per heavy atom. The molecule has 18 heavy (non-hydrogen) atoms. The second-order valence-electron chi connectivity index (χ2n) is 4.56. The Bertz CT molecular complexity index is 217. The third-order valence-electron chi connectivity index (χ3n) is 1.94. The molecule has 5 nitrogen and oxygen atoms in total. The van der Waals surface area contributed by atoms with E-state index in [4.69, 9.17) is 18.9 Å². The molecule has 2 unspecified atom stereocenters. The van der Waals surface area contributed by atoms with Gasteiger partial charge in [0.15, 0.2) is 0 Å². The van der Waals surface area contributed by atoms with E-state index in [1.165, 1.54) is 0 Å². The molecule has 0 aliphatic rings. The lowest BCUT2D eigenvalue weighted by molar-refractivity contribution is -0.0474. The zero-order valence-corrected chi connectivity index (χ0v) is 12.1. The summed E-state index contributed by atoms with van der Waals surface area (Å²) in [5, 5.41) is 0. The molecule has 0 spiro atoms. The van der Waals surface area contributed by atoms with Crippen LogP contribution in [0.3, 0.4) is 0 Å². The molecule has 0 aromatic carbocycles. The van der Waals surface area contributed by atoms with E-state index in [9.17, 15) is 4.79 Å². The summed E-state index contributed by atoms with van der Waals surface area (Å²) < 4.78 is 20.6. The van der Waals surface area contributed by atoms with Crippen molar-refractivity contribution in [3.05, 3.63) is 0 Å². The van der Waals surface area contributed by atoms with Crippen LogP contribution in [0.5, 0.6) is 0 Å². The minimum absolute atomic E-state index is 0.112. The third-order valence-corrected chi connectivity index (χ3v) is 1.94. The molecule has 0 fully saturated rings. The highest BCUT2D eigenvalue weighted by atomic mass is 16.7. The van der Waals surface area contributed by atoms with Crippen LogP contribution in [-0.4, -0.2) is 44.3 Å². The van der Waals surface area contributed by atoms with E-state index in [-0.39, 0.29) is 24.9 Å². The molecular formula is C13H26O5. The molecule has 2 atom stereocenters. The van der Waals surface area contributed by atoms with E-state index >= 15 is 0 Å². The van der Waals surface area contributed by atoms with Gasteiger partial charge >= 0.3 is 6.16 Å². The van der Waals surface area contributed by atoms with Crippen LogP contribution in [0, 0.1) is 0 Å². The van der Waals surface area contributed by atoms with Crippen molar-refractivity contribution >= 4 is 6.16 Å². The van der Waals surface area contributed by atoms with Crippen molar-refractivity contribution in [2.45, 2.75) is 59.4 Å². The summed E-state index contributed by atoms with van der Waals surface area (Å²) in [6.07, 6.45) is -0.0568. The van der Waals surface area contributed by atoms with Crippen molar-refractivity contribution in [2.24, 2.45) is 0 Å². The number of rotatable bonds is 9. The zero-order chi connectivity index (χ0) is 14.0. The van der Waals surface area contributed by atoms with E-state index in [0.29, 0.717) is 13.2 Å². The Labute approximate surface area is 110 Å². The highest BCUT2D eigenvalue weighted by Gasteiger charge is 2.13. The van der Waals surface area contributed by atoms with E-state index in [1.54, 1.807) is 6.92 Å². The summed E-state index contributed by atoms with van der Waals surface area (Å²) in [7, 11) is 0. The van der Waals surface area contributed by atoms with E-state index < -0.39 is 6.16 Å². The van der Waals surface area contributed by atoms with Gasteiger partial charge in [-0.2, -0.15) is 0 Å². The van der Waals surface area contributed by atoms with Gasteiger partial charge in [0, 0.05) is 6.61 Å². The minimum atomic E-state index is -0.679. The maximum absolute atomic E-state index is 11.3. The maximum Gasteiger partial charge on any atom is 0.508 e. The first kappa shape index (κ1) is 17.2. The average Bonchev–Trinajstić information content (AvgIpc) is 2.26. The summed E-state index contributed by atoms with van der Waals surface area (Å²) in [6, 6.07) is 0. The quantitative estimate of drug-likeness (QED) is 0.472. The fourth-order valence-electron chi connectivity index (χ4n) is 1.32. The Morgan fingerprint density at radius 2 is 1.72 bits per heavy atom. The van der Waals surface area contributed by atoms with Gasteiger partial charge in [-0.3, -0.25) is 0 Å². The molecule has 0 aliphatic heterocycles. The monoisotopic (exact) mass is 262 g/mol. The van der Waals surface area contributed by atoms with E-state index in [0.717, 1.165) is 6.42 Å². The highest BCUT2D eigenvalue weighted by Crippen LogP contribution is 2.01. The van der Waals surface area contributed by atoms with Crippen molar-refractivity contribution in [3.8, 4) is 0 Å². The first-order chi connectivity index (χ1) is 8.45. The Hall–Kier alpha value is -0.810. The Morgan fingerprint density at radius 1 is 1.06 bits per heavy atom. The van der Waals surface area contributed by atoms with Gasteiger partial charge in [-0.1, -0.05) is 6.92 Å². The summed E-state index contributed by atoms with van der Waals surface area (Å²) in [5.74, 6) is 0. The van der Waals surface area contributed by atoms with Crippen molar-refractivity contribution in [1.29, 1.82) is 0 Å². The molecule has 5 heteroatoms. The van der Waals surface area contributed by atoms with Crippen LogP contribution < -0.4 is 0 Å². The van der Waals surface area contributed by atoms with E-state index in [1.807, 2.05) is 27.7 Å². The smallest absolute Gasteiger partial charge is 0.432 e. The van der Waals surface area contributed by atoms with Crippen LogP contribution >= 0.6 is 0 Å². The largest absolute Gasteiger partial charge is 0.508 e. The molecule has 0 rings (SSSR count). The molecule has 0 heterocycles. The molecule has 0 saturated heterocycles. The summed E-state index contributed by atoms with van der Waals surface area (Å²) in [6.45, 7) is 10.8. The average molecular weight is 262 g/mol. The number of hydrogen-bond donors (Lipinski definition) is 0. The Kier molecular flexibility index (Phi) is 9.69.